The number of anilines is 1. The van der Waals surface area contributed by atoms with E-state index in [0.29, 0.717) is 43.0 Å². The van der Waals surface area contributed by atoms with Crippen molar-refractivity contribution in [2.24, 2.45) is 0 Å². The van der Waals surface area contributed by atoms with Gasteiger partial charge in [-0.3, -0.25) is 4.79 Å². The van der Waals surface area contributed by atoms with E-state index in [0.717, 1.165) is 16.8 Å². The lowest BCUT2D eigenvalue weighted by Gasteiger charge is -2.26. The van der Waals surface area contributed by atoms with Crippen LogP contribution in [0.25, 0.3) is 11.0 Å². The molecule has 1 saturated heterocycles. The summed E-state index contributed by atoms with van der Waals surface area (Å²) < 4.78 is 32.4. The molecular weight excluding hydrogens is 422 g/mol. The zero-order valence-electron chi connectivity index (χ0n) is 17.0. The molecule has 0 bridgehead atoms. The lowest BCUT2D eigenvalue weighted by atomic mass is 10.1. The molecule has 11 heteroatoms. The summed E-state index contributed by atoms with van der Waals surface area (Å²) in [6.45, 7) is 3.05. The molecule has 1 fully saturated rings. The number of morpholine rings is 1. The topological polar surface area (TPSA) is 116 Å². The van der Waals surface area contributed by atoms with Crippen molar-refractivity contribution < 1.29 is 22.8 Å². The first-order valence-corrected chi connectivity index (χ1v) is 11.4. The molecule has 1 aromatic heterocycles. The lowest BCUT2D eigenvalue weighted by Crippen LogP contribution is -2.40. The van der Waals surface area contributed by atoms with Crippen LogP contribution in [0.4, 0.5) is 5.69 Å². The number of ether oxygens (including phenoxy) is 1. The maximum atomic E-state index is 12.9. The number of aromatic nitrogens is 3. The van der Waals surface area contributed by atoms with Crippen molar-refractivity contribution in [1.29, 1.82) is 0 Å². The molecule has 1 N–H and O–H groups in total. The van der Waals surface area contributed by atoms with Gasteiger partial charge in [-0.2, -0.15) is 4.31 Å². The molecule has 31 heavy (non-hydrogen) atoms. The van der Waals surface area contributed by atoms with E-state index in [-0.39, 0.29) is 17.4 Å². The van der Waals surface area contributed by atoms with Crippen LogP contribution in [0.15, 0.2) is 47.4 Å². The third-order valence-corrected chi connectivity index (χ3v) is 6.83. The normalized spacial score (nSPS) is 15.1. The van der Waals surface area contributed by atoms with Crippen molar-refractivity contribution in [3.05, 3.63) is 48.0 Å². The van der Waals surface area contributed by atoms with Gasteiger partial charge in [-0.05, 0) is 47.5 Å². The van der Waals surface area contributed by atoms with Crippen molar-refractivity contribution >= 4 is 32.7 Å². The summed E-state index contributed by atoms with van der Waals surface area (Å²) in [5.41, 5.74) is 2.59. The molecule has 3 aromatic rings. The molecule has 0 spiro atoms. The largest absolute Gasteiger partial charge is 0.385 e. The van der Waals surface area contributed by atoms with Crippen LogP contribution in [0.2, 0.25) is 0 Å². The zero-order chi connectivity index (χ0) is 21.8. The van der Waals surface area contributed by atoms with Gasteiger partial charge < -0.3 is 14.9 Å². The molecule has 0 atom stereocenters. The molecule has 164 valence electrons. The predicted molar refractivity (Wildman–Crippen MR) is 113 cm³/mol. The van der Waals surface area contributed by atoms with E-state index < -0.39 is 10.0 Å². The molecule has 4 rings (SSSR count). The minimum absolute atomic E-state index is 0.106. The molecule has 1 aliphatic rings. The summed E-state index contributed by atoms with van der Waals surface area (Å²) in [4.78, 5) is 18.9. The van der Waals surface area contributed by atoms with E-state index >= 15 is 0 Å². The van der Waals surface area contributed by atoms with Crippen molar-refractivity contribution in [3.63, 3.8) is 0 Å². The highest BCUT2D eigenvalue weighted by atomic mass is 32.2. The third-order valence-electron chi connectivity index (χ3n) is 4.93. The van der Waals surface area contributed by atoms with E-state index in [1.54, 1.807) is 12.1 Å². The summed E-state index contributed by atoms with van der Waals surface area (Å²) in [6.07, 6.45) is 0.862. The Morgan fingerprint density at radius 2 is 2.00 bits per heavy atom. The average Bonchev–Trinajstić information content (AvgIpc) is 3.20. The van der Waals surface area contributed by atoms with Gasteiger partial charge in [0, 0.05) is 18.8 Å². The van der Waals surface area contributed by atoms with Crippen molar-refractivity contribution in [3.8, 4) is 0 Å². The molecule has 1 amide bonds. The first kappa shape index (κ1) is 21.2. The number of hydrogen-bond donors (Lipinski definition) is 1. The Morgan fingerprint density at radius 3 is 2.77 bits per heavy atom. The molecule has 0 unspecified atom stereocenters. The van der Waals surface area contributed by atoms with Gasteiger partial charge in [-0.1, -0.05) is 23.9 Å². The summed E-state index contributed by atoms with van der Waals surface area (Å²) in [5.74, 6) is -0.367. The van der Waals surface area contributed by atoms with E-state index in [9.17, 15) is 13.2 Å². The number of hydrogen-bond acceptors (Lipinski definition) is 7. The average molecular weight is 446 g/mol. The van der Waals surface area contributed by atoms with Crippen LogP contribution in [-0.4, -0.2) is 66.7 Å². The Balaban J connectivity index is 1.48. The number of nitrogens with one attached hydrogen (secondary N) is 1. The molecule has 10 nitrogen and oxygen atoms in total. The Labute approximate surface area is 179 Å². The number of rotatable bonds is 7. The van der Waals surface area contributed by atoms with Gasteiger partial charge in [-0.15, -0.1) is 5.10 Å². The standard InChI is InChI=1S/C20H23N5O5S/c1-2-15-4-3-5-16(12-15)21-20(26)14-30-25-19-13-17(6-7-18(19)22-23-25)31(27,28)24-8-10-29-11-9-24/h3-7,12-13H,2,8-11,14H2,1H3,(H,21,26). The number of carbonyl (C=O) groups is 1. The van der Waals surface area contributed by atoms with E-state index in [1.165, 1.54) is 16.4 Å². The maximum absolute atomic E-state index is 12.9. The van der Waals surface area contributed by atoms with Crippen LogP contribution in [0.3, 0.4) is 0 Å². The van der Waals surface area contributed by atoms with Gasteiger partial charge in [0.2, 0.25) is 10.0 Å². The minimum atomic E-state index is -3.68. The maximum Gasteiger partial charge on any atom is 0.265 e. The SMILES string of the molecule is CCc1cccc(NC(=O)COn2nnc3ccc(S(=O)(=O)N4CCOCC4)cc32)c1. The number of fused-ring (bicyclic) bond motifs is 1. The Bertz CT molecular complexity index is 1190. The van der Waals surface area contributed by atoms with Crippen LogP contribution in [-0.2, 0) is 26.0 Å². The van der Waals surface area contributed by atoms with Gasteiger partial charge in [-0.25, -0.2) is 8.42 Å². The molecule has 0 aliphatic carbocycles. The smallest absolute Gasteiger partial charge is 0.265 e. The Hall–Kier alpha value is -3.02. The number of aryl methyl sites for hydroxylation is 1. The number of sulfonamides is 1. The highest BCUT2D eigenvalue weighted by Gasteiger charge is 2.27. The summed E-state index contributed by atoms with van der Waals surface area (Å²) in [5, 5.41) is 10.6. The molecule has 0 radical (unpaired) electrons. The van der Waals surface area contributed by atoms with Crippen LogP contribution in [0.5, 0.6) is 0 Å². The predicted octanol–water partition coefficient (Wildman–Crippen LogP) is 1.08. The number of amides is 1. The van der Waals surface area contributed by atoms with E-state index in [1.807, 2.05) is 25.1 Å². The Morgan fingerprint density at radius 1 is 1.19 bits per heavy atom. The molecule has 2 aromatic carbocycles. The van der Waals surface area contributed by atoms with Crippen LogP contribution in [0.1, 0.15) is 12.5 Å². The molecule has 0 saturated carbocycles. The molecule has 1 aliphatic heterocycles. The van der Waals surface area contributed by atoms with Crippen LogP contribution < -0.4 is 10.2 Å². The van der Waals surface area contributed by atoms with E-state index in [2.05, 4.69) is 15.6 Å². The second kappa shape index (κ2) is 9.00. The number of nitrogens with zero attached hydrogens (tertiary/aromatic N) is 4. The highest BCUT2D eigenvalue weighted by Crippen LogP contribution is 2.21. The Kier molecular flexibility index (Phi) is 6.16. The fourth-order valence-corrected chi connectivity index (χ4v) is 4.68. The van der Waals surface area contributed by atoms with Crippen LogP contribution >= 0.6 is 0 Å². The summed E-state index contributed by atoms with van der Waals surface area (Å²) in [6, 6.07) is 12.0. The lowest BCUT2D eigenvalue weighted by molar-refractivity contribution is -0.121. The van der Waals surface area contributed by atoms with E-state index in [4.69, 9.17) is 9.57 Å². The van der Waals surface area contributed by atoms with Gasteiger partial charge in [0.25, 0.3) is 5.91 Å². The highest BCUT2D eigenvalue weighted by molar-refractivity contribution is 7.89. The summed E-state index contributed by atoms with van der Waals surface area (Å²) in [7, 11) is -3.68. The second-order valence-electron chi connectivity index (χ2n) is 7.00. The van der Waals surface area contributed by atoms with Gasteiger partial charge in [0.15, 0.2) is 6.61 Å². The van der Waals surface area contributed by atoms with Gasteiger partial charge >= 0.3 is 0 Å². The zero-order valence-corrected chi connectivity index (χ0v) is 17.8. The fraction of sp³-hybridized carbons (Fsp3) is 0.350. The van der Waals surface area contributed by atoms with Crippen molar-refractivity contribution in [2.45, 2.75) is 18.2 Å². The first-order valence-electron chi connectivity index (χ1n) is 9.93. The quantitative estimate of drug-likeness (QED) is 0.579. The minimum Gasteiger partial charge on any atom is -0.385 e. The first-order chi connectivity index (χ1) is 15.0. The molecule has 2 heterocycles. The van der Waals surface area contributed by atoms with Crippen LogP contribution in [0, 0.1) is 0 Å². The number of carbonyl (C=O) groups excluding carboxylic acids is 1. The summed E-state index contributed by atoms with van der Waals surface area (Å²) >= 11 is 0. The monoisotopic (exact) mass is 445 g/mol. The van der Waals surface area contributed by atoms with Crippen molar-refractivity contribution in [2.75, 3.05) is 38.2 Å². The fourth-order valence-electron chi connectivity index (χ4n) is 3.26. The van der Waals surface area contributed by atoms with Gasteiger partial charge in [0.05, 0.1) is 18.1 Å². The molecular formula is C20H23N5O5S. The van der Waals surface area contributed by atoms with Gasteiger partial charge in [0.1, 0.15) is 11.0 Å². The second-order valence-corrected chi connectivity index (χ2v) is 8.94. The number of benzene rings is 2. The van der Waals surface area contributed by atoms with Crippen molar-refractivity contribution in [1.82, 2.24) is 19.5 Å². The third kappa shape index (κ3) is 4.68.